The summed E-state index contributed by atoms with van der Waals surface area (Å²) in [5.74, 6) is -1.25. The molecule has 1 saturated heterocycles. The molecule has 11 heteroatoms. The van der Waals surface area contributed by atoms with Crippen molar-refractivity contribution < 1.29 is 33.4 Å². The van der Waals surface area contributed by atoms with E-state index in [-0.39, 0.29) is 17.6 Å². The molecule has 1 fully saturated rings. The smallest absolute Gasteiger partial charge is 0.426 e. The fraction of sp³-hybridized carbons (Fsp3) is 0.500. The van der Waals surface area contributed by atoms with E-state index in [1.807, 2.05) is 30.3 Å². The number of imide groups is 1. The quantitative estimate of drug-likeness (QED) is 0.312. The van der Waals surface area contributed by atoms with Gasteiger partial charge in [-0.25, -0.2) is 19.4 Å². The van der Waals surface area contributed by atoms with E-state index in [1.54, 1.807) is 41.5 Å². The molecule has 1 aromatic carbocycles. The molecule has 2 aromatic rings. The zero-order chi connectivity index (χ0) is 27.4. The molecule has 1 aromatic heterocycles. The predicted octanol–water partition coefficient (Wildman–Crippen LogP) is 4.61. The van der Waals surface area contributed by atoms with Gasteiger partial charge in [0.25, 0.3) is 0 Å². The van der Waals surface area contributed by atoms with Gasteiger partial charge >= 0.3 is 18.2 Å². The molecule has 0 radical (unpaired) electrons. The Morgan fingerprint density at radius 2 is 1.59 bits per heavy atom. The lowest BCUT2D eigenvalue weighted by atomic mass is 9.86. The molecule has 0 spiro atoms. The third kappa shape index (κ3) is 8.01. The number of rotatable bonds is 7. The van der Waals surface area contributed by atoms with Gasteiger partial charge in [-0.2, -0.15) is 4.90 Å². The summed E-state index contributed by atoms with van der Waals surface area (Å²) in [6.45, 7) is 10.3. The number of amides is 3. The SMILES string of the molecule is CC(C)(C)OC(=O)N(C(=O)OC(C)(C)C)c1ncc(CC[C@H]2C(=O)N[C@@H]2C(=O)OCc2ccccc2)s1. The molecule has 3 amide bonds. The largest absolute Gasteiger partial charge is 0.459 e. The first-order chi connectivity index (χ1) is 17.2. The van der Waals surface area contributed by atoms with Crippen molar-refractivity contribution in [2.75, 3.05) is 4.90 Å². The highest BCUT2D eigenvalue weighted by Crippen LogP contribution is 2.30. The third-order valence-electron chi connectivity index (χ3n) is 5.10. The lowest BCUT2D eigenvalue weighted by Gasteiger charge is -2.34. The van der Waals surface area contributed by atoms with Crippen LogP contribution in [-0.4, -0.2) is 46.3 Å². The molecular weight excluding hydrogens is 498 g/mol. The number of esters is 1. The molecular formula is C26H33N3O7S. The van der Waals surface area contributed by atoms with Crippen molar-refractivity contribution in [1.29, 1.82) is 0 Å². The van der Waals surface area contributed by atoms with E-state index in [0.717, 1.165) is 26.7 Å². The summed E-state index contributed by atoms with van der Waals surface area (Å²) in [6, 6.07) is 8.56. The number of nitrogens with zero attached hydrogens (tertiary/aromatic N) is 2. The van der Waals surface area contributed by atoms with Crippen LogP contribution in [0.2, 0.25) is 0 Å². The van der Waals surface area contributed by atoms with Crippen LogP contribution < -0.4 is 10.2 Å². The highest BCUT2D eigenvalue weighted by atomic mass is 32.1. The van der Waals surface area contributed by atoms with Crippen molar-refractivity contribution in [3.05, 3.63) is 47.0 Å². The van der Waals surface area contributed by atoms with E-state index in [0.29, 0.717) is 12.8 Å². The standard InChI is InChI=1S/C26H33N3O7S/c1-25(2,3)35-23(32)29(24(33)36-26(4,5)6)22-27-14-17(37-22)12-13-18-19(28-20(18)30)21(31)34-15-16-10-8-7-9-11-16/h7-11,14,18-19H,12-13,15H2,1-6H3,(H,28,30)/t18-,19+/m1/s1. The second-order valence-corrected chi connectivity index (χ2v) is 11.7. The molecule has 2 atom stereocenters. The van der Waals surface area contributed by atoms with E-state index in [2.05, 4.69) is 10.3 Å². The Morgan fingerprint density at radius 1 is 1.00 bits per heavy atom. The van der Waals surface area contributed by atoms with Crippen LogP contribution in [0.15, 0.2) is 36.5 Å². The Labute approximate surface area is 220 Å². The zero-order valence-electron chi connectivity index (χ0n) is 21.9. The van der Waals surface area contributed by atoms with Gasteiger partial charge in [-0.05, 0) is 59.9 Å². The van der Waals surface area contributed by atoms with Gasteiger partial charge in [-0.3, -0.25) is 4.79 Å². The molecule has 1 N–H and O–H groups in total. The van der Waals surface area contributed by atoms with Crippen molar-refractivity contribution in [3.63, 3.8) is 0 Å². The minimum absolute atomic E-state index is 0.0929. The fourth-order valence-electron chi connectivity index (χ4n) is 3.42. The molecule has 1 aliphatic rings. The lowest BCUT2D eigenvalue weighted by molar-refractivity contribution is -0.159. The summed E-state index contributed by atoms with van der Waals surface area (Å²) in [5.41, 5.74) is -0.812. The first-order valence-electron chi connectivity index (χ1n) is 12.0. The number of hydrogen-bond acceptors (Lipinski definition) is 9. The number of anilines is 1. The number of β-lactam (4-membered cyclic amide) rings is 1. The van der Waals surface area contributed by atoms with Crippen LogP contribution in [0.25, 0.3) is 0 Å². The molecule has 10 nitrogen and oxygen atoms in total. The average molecular weight is 532 g/mol. The Bertz CT molecular complexity index is 1110. The number of benzene rings is 1. The molecule has 0 bridgehead atoms. The molecule has 37 heavy (non-hydrogen) atoms. The summed E-state index contributed by atoms with van der Waals surface area (Å²) in [6.07, 6.45) is 0.511. The minimum Gasteiger partial charge on any atom is -0.459 e. The third-order valence-corrected chi connectivity index (χ3v) is 6.14. The van der Waals surface area contributed by atoms with Crippen molar-refractivity contribution >= 4 is 40.5 Å². The number of carbonyl (C=O) groups is 4. The molecule has 0 unspecified atom stereocenters. The number of nitrogens with one attached hydrogen (secondary N) is 1. The maximum atomic E-state index is 12.8. The zero-order valence-corrected chi connectivity index (χ0v) is 22.7. The van der Waals surface area contributed by atoms with Crippen LogP contribution in [0.3, 0.4) is 0 Å². The lowest BCUT2D eigenvalue weighted by Crippen LogP contribution is -2.62. The summed E-state index contributed by atoms with van der Waals surface area (Å²) >= 11 is 1.11. The van der Waals surface area contributed by atoms with E-state index in [4.69, 9.17) is 14.2 Å². The van der Waals surface area contributed by atoms with Gasteiger partial charge in [-0.15, -0.1) is 11.3 Å². The van der Waals surface area contributed by atoms with Crippen LogP contribution in [0.4, 0.5) is 14.7 Å². The number of ether oxygens (including phenoxy) is 3. The minimum atomic E-state index is -0.901. The fourth-order valence-corrected chi connectivity index (χ4v) is 4.32. The number of thiazole rings is 1. The monoisotopic (exact) mass is 531 g/mol. The highest BCUT2D eigenvalue weighted by molar-refractivity contribution is 7.16. The number of aromatic nitrogens is 1. The molecule has 3 rings (SSSR count). The molecule has 1 aliphatic heterocycles. The molecule has 200 valence electrons. The average Bonchev–Trinajstić information content (AvgIpc) is 3.22. The summed E-state index contributed by atoms with van der Waals surface area (Å²) < 4.78 is 16.1. The van der Waals surface area contributed by atoms with Crippen LogP contribution >= 0.6 is 11.3 Å². The van der Waals surface area contributed by atoms with Gasteiger partial charge in [0.1, 0.15) is 23.9 Å². The Hall–Kier alpha value is -3.47. The number of hydrogen-bond donors (Lipinski definition) is 1. The predicted molar refractivity (Wildman–Crippen MR) is 137 cm³/mol. The van der Waals surface area contributed by atoms with Crippen molar-refractivity contribution in [2.45, 2.75) is 78.2 Å². The normalized spacial score (nSPS) is 17.3. The van der Waals surface area contributed by atoms with Crippen molar-refractivity contribution in [1.82, 2.24) is 10.3 Å². The van der Waals surface area contributed by atoms with Crippen molar-refractivity contribution in [2.24, 2.45) is 5.92 Å². The van der Waals surface area contributed by atoms with Crippen LogP contribution in [0.5, 0.6) is 0 Å². The summed E-state index contributed by atoms with van der Waals surface area (Å²) in [7, 11) is 0. The van der Waals surface area contributed by atoms with Crippen molar-refractivity contribution in [3.8, 4) is 0 Å². The van der Waals surface area contributed by atoms with Gasteiger partial charge in [0, 0.05) is 11.1 Å². The second kappa shape index (κ2) is 11.3. The summed E-state index contributed by atoms with van der Waals surface area (Å²) in [4.78, 5) is 56.0. The molecule has 0 saturated carbocycles. The highest BCUT2D eigenvalue weighted by Gasteiger charge is 2.44. The maximum Gasteiger partial charge on any atom is 0.426 e. The van der Waals surface area contributed by atoms with E-state index in [9.17, 15) is 19.2 Å². The van der Waals surface area contributed by atoms with E-state index >= 15 is 0 Å². The first kappa shape index (κ1) is 28.1. The van der Waals surface area contributed by atoms with Gasteiger partial charge in [-0.1, -0.05) is 30.3 Å². The Kier molecular flexibility index (Phi) is 8.57. The van der Waals surface area contributed by atoms with Gasteiger partial charge in [0.15, 0.2) is 0 Å². The topological polar surface area (TPSA) is 124 Å². The maximum absolute atomic E-state index is 12.8. The second-order valence-electron chi connectivity index (χ2n) is 10.6. The Balaban J connectivity index is 1.64. The van der Waals surface area contributed by atoms with Gasteiger partial charge in [0.05, 0.1) is 5.92 Å². The van der Waals surface area contributed by atoms with Crippen LogP contribution in [0.1, 0.15) is 58.4 Å². The first-order valence-corrected chi connectivity index (χ1v) is 12.8. The van der Waals surface area contributed by atoms with Crippen LogP contribution in [-0.2, 0) is 36.8 Å². The number of aryl methyl sites for hydroxylation is 1. The Morgan fingerprint density at radius 3 is 2.14 bits per heavy atom. The molecule has 0 aliphatic carbocycles. The summed E-state index contributed by atoms with van der Waals surface area (Å²) in [5, 5.41) is 2.70. The molecule has 2 heterocycles. The van der Waals surface area contributed by atoms with Crippen LogP contribution in [0, 0.1) is 5.92 Å². The number of carbonyl (C=O) groups excluding carboxylic acids is 4. The van der Waals surface area contributed by atoms with E-state index < -0.39 is 41.3 Å². The van der Waals surface area contributed by atoms with E-state index in [1.165, 1.54) is 6.20 Å². The van der Waals surface area contributed by atoms with Gasteiger partial charge in [0.2, 0.25) is 11.0 Å². The van der Waals surface area contributed by atoms with Gasteiger partial charge < -0.3 is 19.5 Å².